The third-order valence-electron chi connectivity index (χ3n) is 4.99. The number of alkyl halides is 3. The van der Waals surface area contributed by atoms with E-state index in [-0.39, 0.29) is 36.5 Å². The Labute approximate surface area is 202 Å². The van der Waals surface area contributed by atoms with E-state index in [4.69, 9.17) is 4.74 Å². The molecule has 11 heteroatoms. The van der Waals surface area contributed by atoms with E-state index in [9.17, 15) is 13.2 Å². The summed E-state index contributed by atoms with van der Waals surface area (Å²) >= 11 is 0. The third-order valence-corrected chi connectivity index (χ3v) is 4.99. The number of anilines is 1. The molecule has 0 bridgehead atoms. The van der Waals surface area contributed by atoms with Crippen LogP contribution >= 0.6 is 24.0 Å². The zero-order chi connectivity index (χ0) is 22.3. The lowest BCUT2D eigenvalue weighted by molar-refractivity contribution is -0.137. The molecule has 2 aromatic rings. The van der Waals surface area contributed by atoms with Crippen molar-refractivity contribution in [1.82, 2.24) is 20.6 Å². The van der Waals surface area contributed by atoms with Gasteiger partial charge in [-0.15, -0.1) is 24.0 Å². The molecule has 2 aromatic heterocycles. The van der Waals surface area contributed by atoms with Gasteiger partial charge in [0.15, 0.2) is 5.96 Å². The molecule has 1 fully saturated rings. The van der Waals surface area contributed by atoms with Gasteiger partial charge in [0, 0.05) is 44.6 Å². The molecule has 176 valence electrons. The fraction of sp³-hybridized carbons (Fsp3) is 0.476. The lowest BCUT2D eigenvalue weighted by Crippen LogP contribution is -2.49. The summed E-state index contributed by atoms with van der Waals surface area (Å²) in [6.45, 7) is 4.53. The van der Waals surface area contributed by atoms with Crippen molar-refractivity contribution in [1.29, 1.82) is 0 Å². The Morgan fingerprint density at radius 2 is 1.91 bits per heavy atom. The zero-order valence-corrected chi connectivity index (χ0v) is 20.4. The van der Waals surface area contributed by atoms with Crippen LogP contribution in [-0.4, -0.2) is 55.3 Å². The van der Waals surface area contributed by atoms with Crippen molar-refractivity contribution in [3.8, 4) is 5.88 Å². The number of aromatic nitrogens is 2. The lowest BCUT2D eigenvalue weighted by Gasteiger charge is -2.33. The molecule has 0 amide bonds. The zero-order valence-electron chi connectivity index (χ0n) is 18.0. The topological polar surface area (TPSA) is 74.7 Å². The first-order valence-electron chi connectivity index (χ1n) is 10.2. The van der Waals surface area contributed by atoms with Crippen molar-refractivity contribution in [3.63, 3.8) is 0 Å². The van der Waals surface area contributed by atoms with Crippen LogP contribution in [0.5, 0.6) is 5.88 Å². The summed E-state index contributed by atoms with van der Waals surface area (Å²) in [7, 11) is 1.69. The Hall–Kier alpha value is -2.31. The van der Waals surface area contributed by atoms with Gasteiger partial charge in [-0.1, -0.05) is 6.07 Å². The van der Waals surface area contributed by atoms with Crippen molar-refractivity contribution < 1.29 is 17.9 Å². The molecule has 0 aromatic carbocycles. The van der Waals surface area contributed by atoms with Crippen LogP contribution in [0.1, 0.15) is 24.0 Å². The van der Waals surface area contributed by atoms with Crippen LogP contribution in [0.4, 0.5) is 19.0 Å². The van der Waals surface area contributed by atoms with E-state index in [0.717, 1.165) is 49.6 Å². The summed E-state index contributed by atoms with van der Waals surface area (Å²) in [5.74, 6) is 1.81. The predicted molar refractivity (Wildman–Crippen MR) is 129 cm³/mol. The Morgan fingerprint density at radius 3 is 2.47 bits per heavy atom. The number of halogens is 4. The highest BCUT2D eigenvalue weighted by Crippen LogP contribution is 2.29. The van der Waals surface area contributed by atoms with Crippen molar-refractivity contribution in [2.75, 3.05) is 38.2 Å². The monoisotopic (exact) mass is 564 g/mol. The van der Waals surface area contributed by atoms with Crippen LogP contribution < -0.4 is 20.3 Å². The van der Waals surface area contributed by atoms with Crippen LogP contribution in [0, 0.1) is 6.92 Å². The third kappa shape index (κ3) is 7.68. The van der Waals surface area contributed by atoms with Gasteiger partial charge in [0.25, 0.3) is 0 Å². The number of rotatable bonds is 6. The van der Waals surface area contributed by atoms with Crippen molar-refractivity contribution in [2.24, 2.45) is 4.99 Å². The maximum absolute atomic E-state index is 12.6. The van der Waals surface area contributed by atoms with Crippen LogP contribution in [0.25, 0.3) is 0 Å². The van der Waals surface area contributed by atoms with Gasteiger partial charge in [-0.2, -0.15) is 13.2 Å². The van der Waals surface area contributed by atoms with Gasteiger partial charge >= 0.3 is 6.18 Å². The standard InChI is InChI=1S/C21H27F3N6O.HI/c1-15-3-5-18(27-13-15)30-10-7-17(8-11-30)29-20(25-2)26-9-12-31-19-6-4-16(14-28-19)21(22,23)24;/h3-6,13-14,17H,7-12H2,1-2H3,(H2,25,26,29);1H. The molecule has 0 saturated carbocycles. The summed E-state index contributed by atoms with van der Waals surface area (Å²) < 4.78 is 43.0. The number of ether oxygens (including phenoxy) is 1. The molecule has 32 heavy (non-hydrogen) atoms. The predicted octanol–water partition coefficient (Wildman–Crippen LogP) is 3.63. The quantitative estimate of drug-likeness (QED) is 0.242. The van der Waals surface area contributed by atoms with Gasteiger partial charge in [0.1, 0.15) is 12.4 Å². The summed E-state index contributed by atoms with van der Waals surface area (Å²) in [6, 6.07) is 6.59. The number of pyridine rings is 2. The molecule has 1 aliphatic heterocycles. The second-order valence-electron chi connectivity index (χ2n) is 7.33. The molecule has 3 heterocycles. The lowest BCUT2D eigenvalue weighted by atomic mass is 10.1. The molecule has 1 aliphatic rings. The summed E-state index contributed by atoms with van der Waals surface area (Å²) in [5, 5.41) is 6.56. The molecule has 0 aliphatic carbocycles. The Morgan fingerprint density at radius 1 is 1.16 bits per heavy atom. The smallest absolute Gasteiger partial charge is 0.417 e. The second-order valence-corrected chi connectivity index (χ2v) is 7.33. The number of nitrogens with one attached hydrogen (secondary N) is 2. The van der Waals surface area contributed by atoms with E-state index < -0.39 is 11.7 Å². The highest BCUT2D eigenvalue weighted by atomic mass is 127. The molecule has 7 nitrogen and oxygen atoms in total. The molecular formula is C21H28F3IN6O. The number of piperidine rings is 1. The largest absolute Gasteiger partial charge is 0.476 e. The fourth-order valence-corrected chi connectivity index (χ4v) is 3.25. The van der Waals surface area contributed by atoms with Crippen molar-refractivity contribution in [3.05, 3.63) is 47.8 Å². The van der Waals surface area contributed by atoms with Crippen LogP contribution in [0.3, 0.4) is 0 Å². The minimum absolute atomic E-state index is 0. The van der Waals surface area contributed by atoms with E-state index in [1.807, 2.05) is 13.1 Å². The highest BCUT2D eigenvalue weighted by molar-refractivity contribution is 14.0. The van der Waals surface area contributed by atoms with E-state index in [1.54, 1.807) is 7.05 Å². The molecule has 3 rings (SSSR count). The SMILES string of the molecule is CN=C(NCCOc1ccc(C(F)(F)F)cn1)NC1CCN(c2ccc(C)cn2)CC1.I. The minimum Gasteiger partial charge on any atom is -0.476 e. The first-order valence-corrected chi connectivity index (χ1v) is 10.2. The van der Waals surface area contributed by atoms with Gasteiger partial charge in [0.05, 0.1) is 12.1 Å². The molecule has 0 atom stereocenters. The maximum Gasteiger partial charge on any atom is 0.417 e. The van der Waals surface area contributed by atoms with Gasteiger partial charge in [-0.3, -0.25) is 4.99 Å². The molecular weight excluding hydrogens is 536 g/mol. The van der Waals surface area contributed by atoms with Gasteiger partial charge in [-0.05, 0) is 37.5 Å². The Bertz CT molecular complexity index is 853. The van der Waals surface area contributed by atoms with Crippen molar-refractivity contribution in [2.45, 2.75) is 32.0 Å². The minimum atomic E-state index is -4.40. The average molecular weight is 564 g/mol. The molecule has 2 N–H and O–H groups in total. The maximum atomic E-state index is 12.6. The van der Waals surface area contributed by atoms with Gasteiger partial charge in [0.2, 0.25) is 5.88 Å². The summed E-state index contributed by atoms with van der Waals surface area (Å²) in [4.78, 5) is 14.7. The normalized spacial score (nSPS) is 15.2. The van der Waals surface area contributed by atoms with Crippen LogP contribution in [0.2, 0.25) is 0 Å². The van der Waals surface area contributed by atoms with Gasteiger partial charge in [-0.25, -0.2) is 9.97 Å². The summed E-state index contributed by atoms with van der Waals surface area (Å²) in [6.07, 6.45) is 0.165. The Kier molecular flexibility index (Phi) is 9.79. The van der Waals surface area contributed by atoms with Crippen LogP contribution in [-0.2, 0) is 6.18 Å². The molecule has 0 radical (unpaired) electrons. The van der Waals surface area contributed by atoms with E-state index in [0.29, 0.717) is 18.5 Å². The first kappa shape index (κ1) is 25.9. The van der Waals surface area contributed by atoms with E-state index >= 15 is 0 Å². The molecule has 0 unspecified atom stereocenters. The van der Waals surface area contributed by atoms with Gasteiger partial charge < -0.3 is 20.3 Å². The van der Waals surface area contributed by atoms with E-state index in [1.165, 1.54) is 6.07 Å². The number of guanidine groups is 1. The fourth-order valence-electron chi connectivity index (χ4n) is 3.25. The number of aryl methyl sites for hydroxylation is 1. The number of aliphatic imine (C=N–C) groups is 1. The van der Waals surface area contributed by atoms with E-state index in [2.05, 4.69) is 42.6 Å². The molecule has 1 saturated heterocycles. The summed E-state index contributed by atoms with van der Waals surface area (Å²) in [5.41, 5.74) is 0.347. The average Bonchev–Trinajstić information content (AvgIpc) is 2.76. The first-order chi connectivity index (χ1) is 14.8. The van der Waals surface area contributed by atoms with Crippen LogP contribution in [0.15, 0.2) is 41.7 Å². The molecule has 0 spiro atoms. The second kappa shape index (κ2) is 12.1. The number of hydrogen-bond acceptors (Lipinski definition) is 5. The Balaban J connectivity index is 0.00000363. The number of hydrogen-bond donors (Lipinski definition) is 2. The highest BCUT2D eigenvalue weighted by Gasteiger charge is 2.30. The van der Waals surface area contributed by atoms with Crippen molar-refractivity contribution >= 4 is 35.8 Å². The number of nitrogens with zero attached hydrogens (tertiary/aromatic N) is 4.